The maximum atomic E-state index is 11.7. The molecule has 0 unspecified atom stereocenters. The third kappa shape index (κ3) is 2.86. The van der Waals surface area contributed by atoms with Gasteiger partial charge in [0.25, 0.3) is 0 Å². The molecule has 1 aromatic heterocycles. The molecule has 1 aliphatic heterocycles. The minimum atomic E-state index is -1.03. The lowest BCUT2D eigenvalue weighted by molar-refractivity contribution is -0.151. The molecule has 2 heterocycles. The Morgan fingerprint density at radius 1 is 1.50 bits per heavy atom. The number of aryl methyl sites for hydroxylation is 1. The van der Waals surface area contributed by atoms with Gasteiger partial charge in [-0.05, 0) is 19.8 Å². The van der Waals surface area contributed by atoms with Crippen LogP contribution in [0.4, 0.5) is 0 Å². The Bertz CT molecular complexity index is 456. The molecular formula is C11H14N2O5. The molecular weight excluding hydrogens is 240 g/mol. The summed E-state index contributed by atoms with van der Waals surface area (Å²) < 4.78 is 9.98. The van der Waals surface area contributed by atoms with E-state index < -0.39 is 18.2 Å². The van der Waals surface area contributed by atoms with Crippen LogP contribution in [0.2, 0.25) is 0 Å². The van der Waals surface area contributed by atoms with Crippen LogP contribution in [0.5, 0.6) is 0 Å². The summed E-state index contributed by atoms with van der Waals surface area (Å²) >= 11 is 0. The zero-order chi connectivity index (χ0) is 13.1. The molecule has 98 valence electrons. The van der Waals surface area contributed by atoms with Crippen molar-refractivity contribution in [3.05, 3.63) is 17.5 Å². The Morgan fingerprint density at radius 3 is 2.78 bits per heavy atom. The summed E-state index contributed by atoms with van der Waals surface area (Å²) in [5.74, 6) is -0.681. The molecule has 0 radical (unpaired) electrons. The standard InChI is InChI=1S/C11H14N2O5/c1-6-4-7(13-18-6)5-12-10(14)8-2-3-9(17-8)11(15)16/h4,8-9H,2-3,5H2,1H3,(H,12,14)(H,15,16)/t8-,9+/m0/s1. The molecule has 1 saturated heterocycles. The fraction of sp³-hybridized carbons (Fsp3) is 0.545. The molecule has 1 amide bonds. The summed E-state index contributed by atoms with van der Waals surface area (Å²) in [7, 11) is 0. The summed E-state index contributed by atoms with van der Waals surface area (Å²) in [6.07, 6.45) is -0.800. The van der Waals surface area contributed by atoms with Crippen molar-refractivity contribution in [3.63, 3.8) is 0 Å². The van der Waals surface area contributed by atoms with E-state index >= 15 is 0 Å². The average Bonchev–Trinajstić information content (AvgIpc) is 2.94. The van der Waals surface area contributed by atoms with Crippen molar-refractivity contribution < 1.29 is 24.0 Å². The number of carbonyl (C=O) groups excluding carboxylic acids is 1. The van der Waals surface area contributed by atoms with Gasteiger partial charge in [0.1, 0.15) is 17.6 Å². The number of nitrogens with zero attached hydrogens (tertiary/aromatic N) is 1. The Labute approximate surface area is 103 Å². The first kappa shape index (κ1) is 12.6. The minimum absolute atomic E-state index is 0.244. The van der Waals surface area contributed by atoms with Crippen LogP contribution in [0.3, 0.4) is 0 Å². The average molecular weight is 254 g/mol. The van der Waals surface area contributed by atoms with Gasteiger partial charge in [-0.15, -0.1) is 0 Å². The van der Waals surface area contributed by atoms with Crippen LogP contribution in [0.1, 0.15) is 24.3 Å². The van der Waals surface area contributed by atoms with Gasteiger partial charge in [-0.2, -0.15) is 0 Å². The summed E-state index contributed by atoms with van der Waals surface area (Å²) in [4.78, 5) is 22.4. The number of carboxylic acid groups (broad SMARTS) is 1. The van der Waals surface area contributed by atoms with Gasteiger partial charge in [0.2, 0.25) is 5.91 Å². The van der Waals surface area contributed by atoms with E-state index in [2.05, 4.69) is 10.5 Å². The van der Waals surface area contributed by atoms with Crippen molar-refractivity contribution in [2.75, 3.05) is 0 Å². The van der Waals surface area contributed by atoms with Crippen molar-refractivity contribution in [1.82, 2.24) is 10.5 Å². The first-order chi connectivity index (χ1) is 8.56. The molecule has 0 aliphatic carbocycles. The summed E-state index contributed by atoms with van der Waals surface area (Å²) in [6, 6.07) is 1.72. The van der Waals surface area contributed by atoms with Crippen molar-refractivity contribution in [2.24, 2.45) is 0 Å². The van der Waals surface area contributed by atoms with Crippen molar-refractivity contribution in [1.29, 1.82) is 0 Å². The number of rotatable bonds is 4. The van der Waals surface area contributed by atoms with Gasteiger partial charge >= 0.3 is 5.97 Å². The van der Waals surface area contributed by atoms with Crippen LogP contribution in [0, 0.1) is 6.92 Å². The van der Waals surface area contributed by atoms with E-state index in [1.165, 1.54) is 0 Å². The Kier molecular flexibility index (Phi) is 3.61. The second kappa shape index (κ2) is 5.18. The highest BCUT2D eigenvalue weighted by Gasteiger charge is 2.34. The molecule has 1 fully saturated rings. The van der Waals surface area contributed by atoms with Crippen molar-refractivity contribution in [3.8, 4) is 0 Å². The van der Waals surface area contributed by atoms with Crippen molar-refractivity contribution in [2.45, 2.75) is 38.5 Å². The molecule has 7 nitrogen and oxygen atoms in total. The molecule has 2 rings (SSSR count). The Hall–Kier alpha value is -1.89. The molecule has 0 saturated carbocycles. The quantitative estimate of drug-likeness (QED) is 0.797. The van der Waals surface area contributed by atoms with Gasteiger partial charge in [0.05, 0.1) is 6.54 Å². The van der Waals surface area contributed by atoms with Crippen LogP contribution < -0.4 is 5.32 Å². The van der Waals surface area contributed by atoms with Crippen LogP contribution in [-0.2, 0) is 20.9 Å². The maximum Gasteiger partial charge on any atom is 0.332 e. The zero-order valence-corrected chi connectivity index (χ0v) is 9.88. The van der Waals surface area contributed by atoms with E-state index in [4.69, 9.17) is 14.4 Å². The minimum Gasteiger partial charge on any atom is -0.479 e. The Morgan fingerprint density at radius 2 is 2.22 bits per heavy atom. The highest BCUT2D eigenvalue weighted by Crippen LogP contribution is 2.20. The highest BCUT2D eigenvalue weighted by molar-refractivity contribution is 5.82. The predicted molar refractivity (Wildman–Crippen MR) is 58.6 cm³/mol. The third-order valence-electron chi connectivity index (χ3n) is 2.71. The van der Waals surface area contributed by atoms with E-state index in [1.54, 1.807) is 13.0 Å². The van der Waals surface area contributed by atoms with Gasteiger partial charge in [0, 0.05) is 6.07 Å². The molecule has 0 spiro atoms. The third-order valence-corrected chi connectivity index (χ3v) is 2.71. The van der Waals surface area contributed by atoms with Gasteiger partial charge < -0.3 is 19.7 Å². The topological polar surface area (TPSA) is 102 Å². The van der Waals surface area contributed by atoms with E-state index in [0.717, 1.165) is 0 Å². The normalized spacial score (nSPS) is 22.9. The largest absolute Gasteiger partial charge is 0.479 e. The number of carboxylic acids is 1. The van der Waals surface area contributed by atoms with Crippen molar-refractivity contribution >= 4 is 11.9 Å². The van der Waals surface area contributed by atoms with E-state index in [1.807, 2.05) is 0 Å². The van der Waals surface area contributed by atoms with Gasteiger partial charge in [0.15, 0.2) is 6.10 Å². The number of ether oxygens (including phenoxy) is 1. The van der Waals surface area contributed by atoms with Crippen LogP contribution in [0.25, 0.3) is 0 Å². The lowest BCUT2D eigenvalue weighted by Gasteiger charge is -2.10. The number of aromatic nitrogens is 1. The number of nitrogens with one attached hydrogen (secondary N) is 1. The SMILES string of the molecule is Cc1cc(CNC(=O)[C@@H]2CC[C@H](C(=O)O)O2)no1. The second-order valence-corrected chi connectivity index (χ2v) is 4.18. The van der Waals surface area contributed by atoms with E-state index in [9.17, 15) is 9.59 Å². The van der Waals surface area contributed by atoms with Gasteiger partial charge in [-0.1, -0.05) is 5.16 Å². The number of amides is 1. The number of hydrogen-bond donors (Lipinski definition) is 2. The second-order valence-electron chi connectivity index (χ2n) is 4.18. The van der Waals surface area contributed by atoms with E-state index in [0.29, 0.717) is 24.3 Å². The molecule has 0 aromatic carbocycles. The number of carbonyl (C=O) groups is 2. The summed E-state index contributed by atoms with van der Waals surface area (Å²) in [5.41, 5.74) is 0.619. The molecule has 1 aromatic rings. The summed E-state index contributed by atoms with van der Waals surface area (Å²) in [6.45, 7) is 2.00. The smallest absolute Gasteiger partial charge is 0.332 e. The van der Waals surface area contributed by atoms with Crippen LogP contribution in [-0.4, -0.2) is 34.3 Å². The predicted octanol–water partition coefficient (Wildman–Crippen LogP) is 0.231. The summed E-state index contributed by atoms with van der Waals surface area (Å²) in [5, 5.41) is 15.1. The fourth-order valence-electron chi connectivity index (χ4n) is 1.80. The monoisotopic (exact) mass is 254 g/mol. The Balaban J connectivity index is 1.80. The highest BCUT2D eigenvalue weighted by atomic mass is 16.5. The maximum absolute atomic E-state index is 11.7. The first-order valence-corrected chi connectivity index (χ1v) is 5.64. The molecule has 2 atom stereocenters. The lowest BCUT2D eigenvalue weighted by Crippen LogP contribution is -2.35. The molecule has 1 aliphatic rings. The van der Waals surface area contributed by atoms with Gasteiger partial charge in [-0.25, -0.2) is 4.79 Å². The molecule has 2 N–H and O–H groups in total. The molecule has 18 heavy (non-hydrogen) atoms. The zero-order valence-electron chi connectivity index (χ0n) is 9.88. The molecule has 0 bridgehead atoms. The molecule has 7 heteroatoms. The van der Waals surface area contributed by atoms with Crippen LogP contribution >= 0.6 is 0 Å². The fourth-order valence-corrected chi connectivity index (χ4v) is 1.80. The van der Waals surface area contributed by atoms with Crippen LogP contribution in [0.15, 0.2) is 10.6 Å². The number of aliphatic carboxylic acids is 1. The number of hydrogen-bond acceptors (Lipinski definition) is 5. The first-order valence-electron chi connectivity index (χ1n) is 5.64. The van der Waals surface area contributed by atoms with E-state index in [-0.39, 0.29) is 12.5 Å². The lowest BCUT2D eigenvalue weighted by atomic mass is 10.2. The van der Waals surface area contributed by atoms with Gasteiger partial charge in [-0.3, -0.25) is 4.79 Å².